The lowest BCUT2D eigenvalue weighted by atomic mass is 9.69. The fourth-order valence-electron chi connectivity index (χ4n) is 7.48. The lowest BCUT2D eigenvalue weighted by Gasteiger charge is -2.38. The molecule has 0 unspecified atom stereocenters. The van der Waals surface area contributed by atoms with Crippen LogP contribution in [0.4, 0.5) is 0 Å². The third-order valence-electron chi connectivity index (χ3n) is 9.87. The Morgan fingerprint density at radius 2 is 1.61 bits per heavy atom. The molecule has 2 aromatic rings. The molecule has 2 aliphatic carbocycles. The molecule has 2 saturated carbocycles. The minimum absolute atomic E-state index is 0.0251. The van der Waals surface area contributed by atoms with Crippen molar-refractivity contribution in [1.29, 1.82) is 0 Å². The van der Waals surface area contributed by atoms with Crippen molar-refractivity contribution in [3.63, 3.8) is 0 Å². The summed E-state index contributed by atoms with van der Waals surface area (Å²) in [6.07, 6.45) is 3.11. The van der Waals surface area contributed by atoms with Crippen molar-refractivity contribution in [1.82, 2.24) is 4.31 Å². The highest BCUT2D eigenvalue weighted by Gasteiger charge is 2.72. The molecule has 3 aliphatic rings. The van der Waals surface area contributed by atoms with Gasteiger partial charge in [-0.3, -0.25) is 4.79 Å². The van der Waals surface area contributed by atoms with Crippen LogP contribution in [0.1, 0.15) is 46.5 Å². The molecule has 4 atom stereocenters. The third-order valence-corrected chi connectivity index (χ3v) is 17.0. The van der Waals surface area contributed by atoms with E-state index in [1.807, 2.05) is 12.1 Å². The van der Waals surface area contributed by atoms with E-state index in [1.54, 1.807) is 0 Å². The topological polar surface area (TPSA) is 54.5 Å². The van der Waals surface area contributed by atoms with Crippen molar-refractivity contribution in [2.75, 3.05) is 5.75 Å². The predicted molar refractivity (Wildman–Crippen MR) is 136 cm³/mol. The first-order valence-corrected chi connectivity index (χ1v) is 16.4. The molecule has 1 aliphatic heterocycles. The highest BCUT2D eigenvalue weighted by molar-refractivity contribution is 7.90. The smallest absolute Gasteiger partial charge is 0.238 e. The van der Waals surface area contributed by atoms with Gasteiger partial charge in [0.1, 0.15) is 8.07 Å². The van der Waals surface area contributed by atoms with Crippen LogP contribution in [0.15, 0.2) is 60.7 Å². The zero-order chi connectivity index (χ0) is 23.6. The normalized spacial score (nSPS) is 30.2. The van der Waals surface area contributed by atoms with Crippen LogP contribution in [-0.4, -0.2) is 38.5 Å². The van der Waals surface area contributed by atoms with Gasteiger partial charge < -0.3 is 0 Å². The Hall–Kier alpha value is -1.92. The minimum atomic E-state index is -3.58. The maximum absolute atomic E-state index is 13.8. The molecule has 1 heterocycles. The zero-order valence-corrected chi connectivity index (χ0v) is 21.9. The molecule has 2 aromatic carbocycles. The van der Waals surface area contributed by atoms with Gasteiger partial charge in [0.15, 0.2) is 0 Å². The van der Waals surface area contributed by atoms with Crippen molar-refractivity contribution < 1.29 is 13.2 Å². The van der Waals surface area contributed by atoms with Crippen molar-refractivity contribution in [2.24, 2.45) is 16.7 Å². The van der Waals surface area contributed by atoms with Gasteiger partial charge in [-0.05, 0) is 36.1 Å². The Kier molecular flexibility index (Phi) is 5.22. The first-order chi connectivity index (χ1) is 15.5. The van der Waals surface area contributed by atoms with Gasteiger partial charge in [-0.25, -0.2) is 12.7 Å². The minimum Gasteiger partial charge on any atom is -0.274 e. The molecule has 0 N–H and O–H groups in total. The lowest BCUT2D eigenvalue weighted by Crippen LogP contribution is -2.59. The van der Waals surface area contributed by atoms with Crippen LogP contribution in [0.25, 0.3) is 0 Å². The molecule has 1 spiro atoms. The van der Waals surface area contributed by atoms with E-state index in [0.29, 0.717) is 5.92 Å². The number of carbonyl (C=O) groups excluding carboxylic acids is 1. The average molecular weight is 482 g/mol. The van der Waals surface area contributed by atoms with Crippen LogP contribution < -0.4 is 10.4 Å². The van der Waals surface area contributed by atoms with Gasteiger partial charge in [0.2, 0.25) is 15.9 Å². The Labute approximate surface area is 199 Å². The third kappa shape index (κ3) is 3.13. The van der Waals surface area contributed by atoms with Gasteiger partial charge in [0.25, 0.3) is 0 Å². The SMILES string of the molecule is C[C@@H](CC(=O)N1[C@@H]2C[C@H]3CC[C@]2(CS1(=O)=O)C3(C)C)[Si](C)(c1ccccc1)c1ccccc1. The van der Waals surface area contributed by atoms with E-state index in [-0.39, 0.29) is 40.5 Å². The maximum Gasteiger partial charge on any atom is 0.238 e. The first kappa shape index (κ1) is 22.8. The molecule has 33 heavy (non-hydrogen) atoms. The number of carbonyl (C=O) groups is 1. The van der Waals surface area contributed by atoms with Crippen molar-refractivity contribution in [3.05, 3.63) is 60.7 Å². The molecular weight excluding hydrogens is 446 g/mol. The summed E-state index contributed by atoms with van der Waals surface area (Å²) in [7, 11) is -5.87. The van der Waals surface area contributed by atoms with Gasteiger partial charge in [-0.1, -0.05) is 98.4 Å². The fraction of sp³-hybridized carbons (Fsp3) is 0.519. The molecule has 1 saturated heterocycles. The summed E-state index contributed by atoms with van der Waals surface area (Å²) in [5.74, 6) is 0.456. The van der Waals surface area contributed by atoms with Crippen LogP contribution in [0.2, 0.25) is 12.1 Å². The number of amides is 1. The van der Waals surface area contributed by atoms with E-state index in [4.69, 9.17) is 0 Å². The van der Waals surface area contributed by atoms with Gasteiger partial charge in [-0.15, -0.1) is 0 Å². The molecule has 5 rings (SSSR count). The summed E-state index contributed by atoms with van der Waals surface area (Å²) in [4.78, 5) is 13.8. The second-order valence-electron chi connectivity index (χ2n) is 11.4. The number of sulfonamides is 1. The van der Waals surface area contributed by atoms with Crippen LogP contribution >= 0.6 is 0 Å². The van der Waals surface area contributed by atoms with Crippen molar-refractivity contribution in [3.8, 4) is 0 Å². The number of nitrogens with zero attached hydrogens (tertiary/aromatic N) is 1. The van der Waals surface area contributed by atoms with E-state index in [1.165, 1.54) is 14.7 Å². The summed E-state index contributed by atoms with van der Waals surface area (Å²) < 4.78 is 28.1. The van der Waals surface area contributed by atoms with E-state index in [0.717, 1.165) is 19.3 Å². The van der Waals surface area contributed by atoms with Crippen molar-refractivity contribution in [2.45, 2.75) is 64.6 Å². The summed E-state index contributed by atoms with van der Waals surface area (Å²) in [6, 6.07) is 20.8. The second-order valence-corrected chi connectivity index (χ2v) is 17.7. The number of hydrogen-bond acceptors (Lipinski definition) is 3. The molecule has 3 fully saturated rings. The molecule has 0 aromatic heterocycles. The highest BCUT2D eigenvalue weighted by Crippen LogP contribution is 2.70. The molecule has 0 radical (unpaired) electrons. The van der Waals surface area contributed by atoms with E-state index in [9.17, 15) is 13.2 Å². The molecule has 2 bridgehead atoms. The van der Waals surface area contributed by atoms with Gasteiger partial charge >= 0.3 is 0 Å². The Balaban J connectivity index is 1.48. The molecule has 6 heteroatoms. The van der Waals surface area contributed by atoms with Crippen LogP contribution in [-0.2, 0) is 14.8 Å². The first-order valence-electron chi connectivity index (χ1n) is 12.2. The number of benzene rings is 2. The molecule has 1 amide bonds. The average Bonchev–Trinajstić information content (AvgIpc) is 3.27. The van der Waals surface area contributed by atoms with E-state index < -0.39 is 18.1 Å². The highest BCUT2D eigenvalue weighted by atomic mass is 32.2. The lowest BCUT2D eigenvalue weighted by molar-refractivity contribution is -0.129. The van der Waals surface area contributed by atoms with Crippen LogP contribution in [0, 0.1) is 16.7 Å². The largest absolute Gasteiger partial charge is 0.274 e. The van der Waals surface area contributed by atoms with Gasteiger partial charge in [0.05, 0.1) is 11.8 Å². The number of hydrogen-bond donors (Lipinski definition) is 0. The zero-order valence-electron chi connectivity index (χ0n) is 20.1. The predicted octanol–water partition coefficient (Wildman–Crippen LogP) is 4.03. The number of fused-ring (bicyclic) bond motifs is 1. The molecule has 176 valence electrons. The van der Waals surface area contributed by atoms with Crippen molar-refractivity contribution >= 4 is 34.4 Å². The maximum atomic E-state index is 13.8. The van der Waals surface area contributed by atoms with Gasteiger partial charge in [0, 0.05) is 11.8 Å². The fourth-order valence-corrected chi connectivity index (χ4v) is 13.9. The van der Waals surface area contributed by atoms with E-state index in [2.05, 4.69) is 75.8 Å². The monoisotopic (exact) mass is 481 g/mol. The van der Waals surface area contributed by atoms with E-state index >= 15 is 0 Å². The Bertz CT molecular complexity index is 1120. The quantitative estimate of drug-likeness (QED) is 0.606. The molecule has 4 nitrogen and oxygen atoms in total. The Morgan fingerprint density at radius 3 is 2.12 bits per heavy atom. The Morgan fingerprint density at radius 1 is 1.06 bits per heavy atom. The number of rotatable bonds is 5. The van der Waals surface area contributed by atoms with Crippen LogP contribution in [0.3, 0.4) is 0 Å². The van der Waals surface area contributed by atoms with Gasteiger partial charge in [-0.2, -0.15) is 0 Å². The second kappa shape index (κ2) is 7.54. The summed E-state index contributed by atoms with van der Waals surface area (Å²) in [6.45, 7) is 8.92. The molecular formula is C27H35NO3SSi. The van der Waals surface area contributed by atoms with Crippen LogP contribution in [0.5, 0.6) is 0 Å². The summed E-state index contributed by atoms with van der Waals surface area (Å²) >= 11 is 0. The standard InChI is InChI=1S/C27H35NO3SSi/c1-20(33(4,22-11-7-5-8-12-22)23-13-9-6-10-14-23)17-25(29)28-24-18-21-15-16-27(24,26(21,2)3)19-32(28,30)31/h5-14,20-21,24H,15-19H2,1-4H3/t20-,21+,24+,27+/m0/s1. The summed E-state index contributed by atoms with van der Waals surface area (Å²) in [5.41, 5.74) is -0.231. The summed E-state index contributed by atoms with van der Waals surface area (Å²) in [5, 5.41) is 2.55.